The van der Waals surface area contributed by atoms with Gasteiger partial charge in [0.05, 0.1) is 13.1 Å². The highest BCUT2D eigenvalue weighted by Gasteiger charge is 2.17. The van der Waals surface area contributed by atoms with Gasteiger partial charge in [0.1, 0.15) is 6.29 Å². The highest BCUT2D eigenvalue weighted by molar-refractivity contribution is 5.69. The van der Waals surface area contributed by atoms with Gasteiger partial charge in [0.15, 0.2) is 0 Å². The smallest absolute Gasteiger partial charge is 0.317 e. The number of hydrogen-bond acceptors (Lipinski definition) is 6. The molecular formula is C19H36N4O3. The Bertz CT molecular complexity index is 431. The van der Waals surface area contributed by atoms with Crippen LogP contribution < -0.4 is 0 Å². The number of aliphatic carboxylic acids is 1. The lowest BCUT2D eigenvalue weighted by atomic mass is 10.2. The minimum atomic E-state index is -0.778. The fourth-order valence-electron chi connectivity index (χ4n) is 3.28. The van der Waals surface area contributed by atoms with E-state index in [0.717, 1.165) is 71.7 Å². The first-order valence-electron chi connectivity index (χ1n) is 9.60. The lowest BCUT2D eigenvalue weighted by molar-refractivity contribution is -0.138. The van der Waals surface area contributed by atoms with E-state index in [1.54, 1.807) is 0 Å². The van der Waals surface area contributed by atoms with Crippen molar-refractivity contribution in [2.45, 2.75) is 13.8 Å². The Labute approximate surface area is 158 Å². The van der Waals surface area contributed by atoms with Gasteiger partial charge in [-0.2, -0.15) is 0 Å². The average Bonchev–Trinajstić information content (AvgIpc) is 2.56. The molecule has 0 radical (unpaired) electrons. The van der Waals surface area contributed by atoms with Gasteiger partial charge in [-0.15, -0.1) is 6.58 Å². The first-order valence-corrected chi connectivity index (χ1v) is 9.60. The molecule has 0 aromatic rings. The fourth-order valence-corrected chi connectivity index (χ4v) is 3.28. The molecule has 0 aromatic heterocycles. The Morgan fingerprint density at radius 1 is 0.923 bits per heavy atom. The third-order valence-electron chi connectivity index (χ3n) is 4.63. The molecule has 0 atom stereocenters. The highest BCUT2D eigenvalue weighted by Crippen LogP contribution is 2.03. The number of carboxylic acid groups (broad SMARTS) is 1. The molecule has 150 valence electrons. The van der Waals surface area contributed by atoms with Gasteiger partial charge in [0.25, 0.3) is 0 Å². The molecule has 0 bridgehead atoms. The van der Waals surface area contributed by atoms with E-state index in [-0.39, 0.29) is 6.54 Å². The lowest BCUT2D eigenvalue weighted by Crippen LogP contribution is -2.47. The SMILES string of the molecule is C=CCN1CCN(CC=O)CCN(CC(C)C)CCN(CC(=O)O)CC1. The van der Waals surface area contributed by atoms with E-state index in [1.807, 2.05) is 11.0 Å². The predicted octanol–water partition coefficient (Wildman–Crippen LogP) is 0.334. The van der Waals surface area contributed by atoms with Crippen LogP contribution in [0.5, 0.6) is 0 Å². The maximum atomic E-state index is 11.2. The van der Waals surface area contributed by atoms with Crippen LogP contribution in [-0.4, -0.2) is 115 Å². The van der Waals surface area contributed by atoms with E-state index in [9.17, 15) is 14.7 Å². The summed E-state index contributed by atoms with van der Waals surface area (Å²) < 4.78 is 0. The van der Waals surface area contributed by atoms with E-state index in [0.29, 0.717) is 12.5 Å². The van der Waals surface area contributed by atoms with Crippen molar-refractivity contribution in [3.05, 3.63) is 12.7 Å². The molecule has 26 heavy (non-hydrogen) atoms. The van der Waals surface area contributed by atoms with E-state index >= 15 is 0 Å². The van der Waals surface area contributed by atoms with E-state index < -0.39 is 5.97 Å². The van der Waals surface area contributed by atoms with E-state index in [1.165, 1.54) is 0 Å². The first kappa shape index (κ1) is 22.8. The van der Waals surface area contributed by atoms with Gasteiger partial charge in [-0.05, 0) is 5.92 Å². The van der Waals surface area contributed by atoms with Crippen LogP contribution in [0.2, 0.25) is 0 Å². The fraction of sp³-hybridized carbons (Fsp3) is 0.789. The number of nitrogens with zero attached hydrogens (tertiary/aromatic N) is 4. The van der Waals surface area contributed by atoms with Crippen molar-refractivity contribution in [1.82, 2.24) is 19.6 Å². The standard InChI is InChI=1S/C19H36N4O3/c1-4-5-20-6-7-21(14-15-24)9-10-22(16-18(2)3)12-13-23(11-8-20)17-19(25)26/h4,15,18H,1,5-14,16-17H2,2-3H3,(H,25,26). The maximum absolute atomic E-state index is 11.2. The Kier molecular flexibility index (Phi) is 11.4. The van der Waals surface area contributed by atoms with Gasteiger partial charge < -0.3 is 14.8 Å². The third-order valence-corrected chi connectivity index (χ3v) is 4.63. The molecule has 1 heterocycles. The van der Waals surface area contributed by atoms with Gasteiger partial charge in [0, 0.05) is 65.4 Å². The summed E-state index contributed by atoms with van der Waals surface area (Å²) in [6.07, 6.45) is 2.85. The summed E-state index contributed by atoms with van der Waals surface area (Å²) in [6.45, 7) is 17.1. The summed E-state index contributed by atoms with van der Waals surface area (Å²) >= 11 is 0. The molecule has 7 heteroatoms. The largest absolute Gasteiger partial charge is 0.480 e. The number of rotatable bonds is 8. The molecule has 0 amide bonds. The summed E-state index contributed by atoms with van der Waals surface area (Å²) in [6, 6.07) is 0. The van der Waals surface area contributed by atoms with Crippen molar-refractivity contribution < 1.29 is 14.7 Å². The van der Waals surface area contributed by atoms with Gasteiger partial charge in [-0.25, -0.2) is 0 Å². The van der Waals surface area contributed by atoms with Crippen LogP contribution in [0.25, 0.3) is 0 Å². The highest BCUT2D eigenvalue weighted by atomic mass is 16.4. The van der Waals surface area contributed by atoms with Crippen molar-refractivity contribution in [2.24, 2.45) is 5.92 Å². The molecular weight excluding hydrogens is 332 g/mol. The van der Waals surface area contributed by atoms with Crippen molar-refractivity contribution in [3.63, 3.8) is 0 Å². The molecule has 1 rings (SSSR count). The monoisotopic (exact) mass is 368 g/mol. The molecule has 1 aliphatic heterocycles. The molecule has 7 nitrogen and oxygen atoms in total. The van der Waals surface area contributed by atoms with Crippen molar-refractivity contribution in [3.8, 4) is 0 Å². The molecule has 1 N–H and O–H groups in total. The lowest BCUT2D eigenvalue weighted by Gasteiger charge is -2.33. The average molecular weight is 369 g/mol. The van der Waals surface area contributed by atoms with Crippen molar-refractivity contribution in [2.75, 3.05) is 78.5 Å². The minimum absolute atomic E-state index is 0.0781. The quantitative estimate of drug-likeness (QED) is 0.489. The molecule has 0 saturated carbocycles. The van der Waals surface area contributed by atoms with Crippen LogP contribution in [-0.2, 0) is 9.59 Å². The van der Waals surface area contributed by atoms with Crippen LogP contribution in [0.3, 0.4) is 0 Å². The van der Waals surface area contributed by atoms with Crippen molar-refractivity contribution in [1.29, 1.82) is 0 Å². The van der Waals surface area contributed by atoms with Gasteiger partial charge in [-0.1, -0.05) is 19.9 Å². The number of carboxylic acids is 1. The second-order valence-corrected chi connectivity index (χ2v) is 7.42. The molecule has 1 fully saturated rings. The number of carbonyl (C=O) groups excluding carboxylic acids is 1. The summed E-state index contributed by atoms with van der Waals surface area (Å²) in [5.41, 5.74) is 0. The maximum Gasteiger partial charge on any atom is 0.317 e. The Morgan fingerprint density at radius 3 is 1.81 bits per heavy atom. The third kappa shape index (κ3) is 10.0. The Hall–Kier alpha value is -1.28. The van der Waals surface area contributed by atoms with Gasteiger partial charge >= 0.3 is 5.97 Å². The van der Waals surface area contributed by atoms with Crippen LogP contribution >= 0.6 is 0 Å². The number of hydrogen-bond donors (Lipinski definition) is 1. The number of aldehydes is 1. The summed E-state index contributed by atoms with van der Waals surface area (Å²) in [4.78, 5) is 31.1. The summed E-state index contributed by atoms with van der Waals surface area (Å²) in [5, 5.41) is 9.20. The molecule has 0 unspecified atom stereocenters. The first-order chi connectivity index (χ1) is 12.4. The predicted molar refractivity (Wildman–Crippen MR) is 104 cm³/mol. The van der Waals surface area contributed by atoms with Gasteiger partial charge in [-0.3, -0.25) is 19.5 Å². The van der Waals surface area contributed by atoms with Crippen LogP contribution in [0, 0.1) is 5.92 Å². The normalized spacial score (nSPS) is 20.4. The zero-order chi connectivity index (χ0) is 19.4. The van der Waals surface area contributed by atoms with Crippen molar-refractivity contribution >= 4 is 12.3 Å². The summed E-state index contributed by atoms with van der Waals surface area (Å²) in [7, 11) is 0. The topological polar surface area (TPSA) is 67.3 Å². The molecule has 1 saturated heterocycles. The second kappa shape index (κ2) is 13.0. The van der Waals surface area contributed by atoms with Gasteiger partial charge in [0.2, 0.25) is 0 Å². The molecule has 1 aliphatic rings. The Balaban J connectivity index is 2.81. The summed E-state index contributed by atoms with van der Waals surface area (Å²) in [5.74, 6) is -0.224. The van der Waals surface area contributed by atoms with Crippen LogP contribution in [0.15, 0.2) is 12.7 Å². The minimum Gasteiger partial charge on any atom is -0.480 e. The number of carbonyl (C=O) groups is 2. The second-order valence-electron chi connectivity index (χ2n) is 7.42. The van der Waals surface area contributed by atoms with E-state index in [4.69, 9.17) is 0 Å². The van der Waals surface area contributed by atoms with E-state index in [2.05, 4.69) is 35.1 Å². The zero-order valence-electron chi connectivity index (χ0n) is 16.5. The molecule has 0 aromatic carbocycles. The zero-order valence-corrected chi connectivity index (χ0v) is 16.5. The molecule has 0 aliphatic carbocycles. The van der Waals surface area contributed by atoms with Crippen LogP contribution in [0.4, 0.5) is 0 Å². The van der Waals surface area contributed by atoms with Crippen LogP contribution in [0.1, 0.15) is 13.8 Å². The Morgan fingerprint density at radius 2 is 1.38 bits per heavy atom. The molecule has 0 spiro atoms.